The van der Waals surface area contributed by atoms with E-state index in [1.807, 2.05) is 0 Å². The van der Waals surface area contributed by atoms with Crippen LogP contribution in [0, 0.1) is 0 Å². The molecular weight excluding hydrogens is 403 g/mol. The predicted molar refractivity (Wildman–Crippen MR) is 97.2 cm³/mol. The molecule has 1 aliphatic carbocycles. The summed E-state index contributed by atoms with van der Waals surface area (Å²) in [4.78, 5) is 6.64. The maximum absolute atomic E-state index is 11.4. The Bertz CT molecular complexity index is 451. The van der Waals surface area contributed by atoms with Gasteiger partial charge in [0, 0.05) is 32.2 Å². The highest BCUT2D eigenvalue weighted by Crippen LogP contribution is 2.25. The Balaban J connectivity index is 0.00000220. The van der Waals surface area contributed by atoms with E-state index in [1.54, 1.807) is 7.05 Å². The number of guanidine groups is 1. The molecule has 0 aromatic rings. The van der Waals surface area contributed by atoms with Crippen LogP contribution in [0.5, 0.6) is 0 Å². The molecule has 124 valence electrons. The van der Waals surface area contributed by atoms with Gasteiger partial charge in [-0.1, -0.05) is 6.92 Å². The van der Waals surface area contributed by atoms with E-state index in [1.165, 1.54) is 12.8 Å². The van der Waals surface area contributed by atoms with Crippen LogP contribution in [-0.2, 0) is 9.84 Å². The SMILES string of the molecule is CCN(CCNC(=NC)NC1CCS(=O)(=O)C1)C1CC1.I. The molecule has 2 fully saturated rings. The third kappa shape index (κ3) is 6.27. The molecule has 1 atom stereocenters. The van der Waals surface area contributed by atoms with Crippen LogP contribution in [0.15, 0.2) is 4.99 Å². The van der Waals surface area contributed by atoms with Crippen LogP contribution in [0.1, 0.15) is 26.2 Å². The summed E-state index contributed by atoms with van der Waals surface area (Å²) in [5.41, 5.74) is 0. The Hall–Kier alpha value is -0.0900. The summed E-state index contributed by atoms with van der Waals surface area (Å²) < 4.78 is 22.9. The van der Waals surface area contributed by atoms with Crippen molar-refractivity contribution in [2.75, 3.05) is 38.2 Å². The molecule has 0 aromatic carbocycles. The molecule has 6 nitrogen and oxygen atoms in total. The fourth-order valence-corrected chi connectivity index (χ4v) is 4.33. The van der Waals surface area contributed by atoms with Gasteiger partial charge in [-0.25, -0.2) is 8.42 Å². The van der Waals surface area contributed by atoms with E-state index < -0.39 is 9.84 Å². The lowest BCUT2D eigenvalue weighted by atomic mass is 10.3. The minimum Gasteiger partial charge on any atom is -0.355 e. The van der Waals surface area contributed by atoms with E-state index in [0.29, 0.717) is 12.4 Å². The topological polar surface area (TPSA) is 73.8 Å². The average molecular weight is 430 g/mol. The first kappa shape index (κ1) is 19.0. The van der Waals surface area contributed by atoms with Gasteiger partial charge < -0.3 is 10.6 Å². The molecule has 8 heteroatoms. The first-order chi connectivity index (χ1) is 9.54. The van der Waals surface area contributed by atoms with Gasteiger partial charge in [-0.05, 0) is 25.8 Å². The van der Waals surface area contributed by atoms with Crippen molar-refractivity contribution in [3.8, 4) is 0 Å². The van der Waals surface area contributed by atoms with Crippen molar-refractivity contribution in [3.05, 3.63) is 0 Å². The largest absolute Gasteiger partial charge is 0.355 e. The Morgan fingerprint density at radius 1 is 1.33 bits per heavy atom. The number of rotatable bonds is 6. The highest BCUT2D eigenvalue weighted by atomic mass is 127. The van der Waals surface area contributed by atoms with Crippen molar-refractivity contribution in [3.63, 3.8) is 0 Å². The van der Waals surface area contributed by atoms with Crippen LogP contribution in [0.3, 0.4) is 0 Å². The highest BCUT2D eigenvalue weighted by Gasteiger charge is 2.29. The lowest BCUT2D eigenvalue weighted by molar-refractivity contribution is 0.282. The van der Waals surface area contributed by atoms with Gasteiger partial charge in [0.15, 0.2) is 15.8 Å². The van der Waals surface area contributed by atoms with E-state index >= 15 is 0 Å². The summed E-state index contributed by atoms with van der Waals surface area (Å²) in [5, 5.41) is 6.47. The molecule has 1 aliphatic heterocycles. The number of hydrogen-bond acceptors (Lipinski definition) is 4. The summed E-state index contributed by atoms with van der Waals surface area (Å²) in [6.07, 6.45) is 3.31. The molecule has 0 radical (unpaired) electrons. The van der Waals surface area contributed by atoms with Crippen molar-refractivity contribution in [2.24, 2.45) is 4.99 Å². The number of sulfone groups is 1. The van der Waals surface area contributed by atoms with Gasteiger partial charge in [-0.3, -0.25) is 9.89 Å². The van der Waals surface area contributed by atoms with Crippen LogP contribution in [0.2, 0.25) is 0 Å². The van der Waals surface area contributed by atoms with Gasteiger partial charge >= 0.3 is 0 Å². The zero-order valence-corrected chi connectivity index (χ0v) is 16.0. The minimum absolute atomic E-state index is 0. The van der Waals surface area contributed by atoms with Crippen LogP contribution >= 0.6 is 24.0 Å². The third-order valence-electron chi connectivity index (χ3n) is 3.96. The summed E-state index contributed by atoms with van der Waals surface area (Å²) in [6.45, 7) is 5.11. The lowest BCUT2D eigenvalue weighted by Crippen LogP contribution is -2.46. The normalized spacial score (nSPS) is 24.7. The molecule has 1 saturated heterocycles. The molecular formula is C13H27IN4O2S. The van der Waals surface area contributed by atoms with Crippen molar-refractivity contribution >= 4 is 39.8 Å². The number of nitrogens with one attached hydrogen (secondary N) is 2. The van der Waals surface area contributed by atoms with E-state index in [4.69, 9.17) is 0 Å². The minimum atomic E-state index is -2.84. The zero-order valence-electron chi connectivity index (χ0n) is 12.8. The molecule has 2 rings (SSSR count). The second kappa shape index (κ2) is 8.52. The van der Waals surface area contributed by atoms with Crippen LogP contribution < -0.4 is 10.6 Å². The maximum atomic E-state index is 11.4. The van der Waals surface area contributed by atoms with Gasteiger partial charge in [0.1, 0.15) is 0 Å². The first-order valence-corrected chi connectivity index (χ1v) is 9.28. The molecule has 2 aliphatic rings. The van der Waals surface area contributed by atoms with Crippen molar-refractivity contribution in [1.29, 1.82) is 0 Å². The monoisotopic (exact) mass is 430 g/mol. The van der Waals surface area contributed by atoms with E-state index in [-0.39, 0.29) is 41.5 Å². The van der Waals surface area contributed by atoms with Crippen LogP contribution in [0.25, 0.3) is 0 Å². The predicted octanol–water partition coefficient (Wildman–Crippen LogP) is 0.441. The number of likely N-dealkylation sites (N-methyl/N-ethyl adjacent to an activating group) is 1. The summed E-state index contributed by atoms with van der Waals surface area (Å²) in [7, 11) is -1.12. The van der Waals surface area contributed by atoms with Gasteiger partial charge in [-0.15, -0.1) is 24.0 Å². The third-order valence-corrected chi connectivity index (χ3v) is 5.73. The molecule has 1 heterocycles. The van der Waals surface area contributed by atoms with Gasteiger partial charge in [0.05, 0.1) is 11.5 Å². The molecule has 0 aromatic heterocycles. The lowest BCUT2D eigenvalue weighted by Gasteiger charge is -2.21. The Kier molecular flexibility index (Phi) is 7.69. The number of nitrogens with zero attached hydrogens (tertiary/aromatic N) is 2. The zero-order chi connectivity index (χ0) is 14.6. The number of aliphatic imine (C=N–C) groups is 1. The van der Waals surface area contributed by atoms with E-state index in [9.17, 15) is 8.42 Å². The smallest absolute Gasteiger partial charge is 0.191 e. The van der Waals surface area contributed by atoms with Crippen LogP contribution in [0.4, 0.5) is 0 Å². The fourth-order valence-electron chi connectivity index (χ4n) is 2.65. The van der Waals surface area contributed by atoms with Crippen LogP contribution in [-0.4, -0.2) is 69.5 Å². The van der Waals surface area contributed by atoms with Crippen molar-refractivity contribution < 1.29 is 8.42 Å². The molecule has 2 N–H and O–H groups in total. The Labute approximate surface area is 145 Å². The molecule has 0 amide bonds. The summed E-state index contributed by atoms with van der Waals surface area (Å²) in [6, 6.07) is 0.772. The number of halogens is 1. The number of hydrogen-bond donors (Lipinski definition) is 2. The molecule has 1 saturated carbocycles. The molecule has 21 heavy (non-hydrogen) atoms. The van der Waals surface area contributed by atoms with Crippen molar-refractivity contribution in [1.82, 2.24) is 15.5 Å². The second-order valence-corrected chi connectivity index (χ2v) is 7.83. The molecule has 0 bridgehead atoms. The van der Waals surface area contributed by atoms with E-state index in [2.05, 4.69) is 27.4 Å². The van der Waals surface area contributed by atoms with Gasteiger partial charge in [0.25, 0.3) is 0 Å². The Morgan fingerprint density at radius 2 is 2.05 bits per heavy atom. The fraction of sp³-hybridized carbons (Fsp3) is 0.923. The quantitative estimate of drug-likeness (QED) is 0.364. The average Bonchev–Trinajstić information content (AvgIpc) is 3.18. The van der Waals surface area contributed by atoms with Gasteiger partial charge in [-0.2, -0.15) is 0 Å². The van der Waals surface area contributed by atoms with Crippen molar-refractivity contribution in [2.45, 2.75) is 38.3 Å². The van der Waals surface area contributed by atoms with E-state index in [0.717, 1.165) is 25.7 Å². The summed E-state index contributed by atoms with van der Waals surface area (Å²) >= 11 is 0. The molecule has 0 spiro atoms. The highest BCUT2D eigenvalue weighted by molar-refractivity contribution is 14.0. The maximum Gasteiger partial charge on any atom is 0.191 e. The first-order valence-electron chi connectivity index (χ1n) is 7.45. The Morgan fingerprint density at radius 3 is 2.52 bits per heavy atom. The summed E-state index contributed by atoms with van der Waals surface area (Å²) in [5.74, 6) is 1.21. The second-order valence-electron chi connectivity index (χ2n) is 5.60. The molecule has 1 unspecified atom stereocenters. The van der Waals surface area contributed by atoms with Gasteiger partial charge in [0.2, 0.25) is 0 Å². The standard InChI is InChI=1S/C13H26N4O2S.HI/c1-3-17(12-4-5-12)8-7-15-13(14-2)16-11-6-9-20(18,19)10-11;/h11-12H,3-10H2,1-2H3,(H2,14,15,16);1H.